The molecule has 6 aromatic carbocycles. The molecule has 0 saturated carbocycles. The van der Waals surface area contributed by atoms with E-state index in [4.69, 9.17) is 41.2 Å². The van der Waals surface area contributed by atoms with Crippen molar-refractivity contribution in [3.05, 3.63) is 214 Å². The van der Waals surface area contributed by atoms with Crippen LogP contribution in [0.25, 0.3) is 0 Å². The summed E-state index contributed by atoms with van der Waals surface area (Å²) >= 11 is 5.45. The van der Waals surface area contributed by atoms with E-state index in [9.17, 15) is 28.8 Å². The van der Waals surface area contributed by atoms with Crippen LogP contribution in [0, 0.1) is 0 Å². The minimum Gasteiger partial charge on any atom is -0.432 e. The molecule has 0 aliphatic carbocycles. The van der Waals surface area contributed by atoms with Crippen molar-refractivity contribution in [3.8, 4) is 0 Å². The van der Waals surface area contributed by atoms with Gasteiger partial charge < -0.3 is 14.6 Å². The molecule has 15 heteroatoms. The first-order chi connectivity index (χ1) is 33.8. The summed E-state index contributed by atoms with van der Waals surface area (Å²) in [7, 11) is 1.47. The number of ether oxygens (including phenoxy) is 2. The predicted molar refractivity (Wildman–Crippen MR) is 285 cm³/mol. The molecule has 1 unspecified atom stereocenters. The fraction of sp³-hybridized carbons (Fsp3) is 0.276. The molecule has 0 aliphatic rings. The zero-order valence-corrected chi connectivity index (χ0v) is 44.6. The highest BCUT2D eigenvalue weighted by atomic mass is 35.5. The lowest BCUT2D eigenvalue weighted by Gasteiger charge is -2.17. The largest absolute Gasteiger partial charge is 0.432 e. The quantitative estimate of drug-likeness (QED) is 0.0278. The predicted octanol–water partition coefficient (Wildman–Crippen LogP) is 13.0. The van der Waals surface area contributed by atoms with Gasteiger partial charge in [-0.05, 0) is 92.1 Å². The third kappa shape index (κ3) is 24.5. The van der Waals surface area contributed by atoms with Crippen LogP contribution in [0.5, 0.6) is 0 Å². The van der Waals surface area contributed by atoms with E-state index in [0.29, 0.717) is 34.2 Å². The van der Waals surface area contributed by atoms with E-state index in [2.05, 4.69) is 4.89 Å². The summed E-state index contributed by atoms with van der Waals surface area (Å²) in [4.78, 5) is 86.7. The Hall–Kier alpha value is -6.68. The number of hydrogen-bond acceptors (Lipinski definition) is 13. The number of ketones is 3. The first-order valence-corrected chi connectivity index (χ1v) is 23.1. The maximum Gasteiger partial charge on any atom is 0.373 e. The van der Waals surface area contributed by atoms with Crippen LogP contribution >= 0.6 is 24.0 Å². The highest BCUT2D eigenvalue weighted by Crippen LogP contribution is 2.20. The highest BCUT2D eigenvalue weighted by Gasteiger charge is 2.23. The first kappa shape index (κ1) is 64.3. The summed E-state index contributed by atoms with van der Waals surface area (Å²) in [6.45, 7) is 17.7. The third-order valence-electron chi connectivity index (χ3n) is 8.75. The minimum atomic E-state index is -0.685. The second-order valence-electron chi connectivity index (χ2n) is 18.4. The van der Waals surface area contributed by atoms with Gasteiger partial charge in [0.25, 0.3) is 5.24 Å². The highest BCUT2D eigenvalue weighted by molar-refractivity contribution is 6.68. The van der Waals surface area contributed by atoms with Crippen molar-refractivity contribution in [1.82, 2.24) is 0 Å². The van der Waals surface area contributed by atoms with Crippen LogP contribution in [0.15, 0.2) is 164 Å². The normalized spacial score (nSPS) is 11.0. The summed E-state index contributed by atoms with van der Waals surface area (Å²) in [6, 6.07) is 46.1. The third-order valence-corrected chi connectivity index (χ3v) is 8.95. The Balaban J connectivity index is 0.000000495. The van der Waals surface area contributed by atoms with Gasteiger partial charge in [0.15, 0.2) is 17.3 Å². The summed E-state index contributed by atoms with van der Waals surface area (Å²) < 4.78 is 10.3. The van der Waals surface area contributed by atoms with Crippen LogP contribution in [0.3, 0.4) is 0 Å². The Bertz CT molecular complexity index is 2640. The van der Waals surface area contributed by atoms with Gasteiger partial charge in [0, 0.05) is 52.5 Å². The van der Waals surface area contributed by atoms with E-state index >= 15 is 0 Å². The Morgan fingerprint density at radius 3 is 1.03 bits per heavy atom. The minimum absolute atomic E-state index is 0. The average Bonchev–Trinajstić information content (AvgIpc) is 3.37. The molecule has 0 fully saturated rings. The van der Waals surface area contributed by atoms with E-state index in [0.717, 1.165) is 0 Å². The fourth-order valence-corrected chi connectivity index (χ4v) is 5.66. The maximum absolute atomic E-state index is 12.6. The lowest BCUT2D eigenvalue weighted by molar-refractivity contribution is -0.306. The van der Waals surface area contributed by atoms with Gasteiger partial charge in [-0.15, -0.1) is 12.4 Å². The number of hydrogen-bond donors (Lipinski definition) is 2. The van der Waals surface area contributed by atoms with Gasteiger partial charge in [-0.1, -0.05) is 153 Å². The van der Waals surface area contributed by atoms with E-state index < -0.39 is 40.3 Å². The van der Waals surface area contributed by atoms with Crippen LogP contribution in [0.2, 0.25) is 0 Å². The molecule has 6 rings (SSSR count). The molecular weight excluding hydrogens is 976 g/mol. The van der Waals surface area contributed by atoms with Gasteiger partial charge in [0.1, 0.15) is 5.60 Å². The molecule has 13 nitrogen and oxygen atoms in total. The zero-order chi connectivity index (χ0) is 54.1. The Labute approximate surface area is 439 Å². The van der Waals surface area contributed by atoms with Gasteiger partial charge in [0.05, 0.1) is 22.3 Å². The molecule has 73 heavy (non-hydrogen) atoms. The first-order valence-electron chi connectivity index (χ1n) is 22.8. The molecule has 6 aromatic rings. The van der Waals surface area contributed by atoms with E-state index in [1.165, 1.54) is 7.11 Å². The molecule has 0 spiro atoms. The molecule has 0 bridgehead atoms. The molecule has 0 aliphatic heterocycles. The van der Waals surface area contributed by atoms with Crippen LogP contribution in [0.4, 0.5) is 0 Å². The van der Waals surface area contributed by atoms with Crippen molar-refractivity contribution in [2.75, 3.05) is 7.11 Å². The molecule has 0 radical (unpaired) electrons. The van der Waals surface area contributed by atoms with Crippen LogP contribution in [-0.2, 0) is 24.1 Å². The van der Waals surface area contributed by atoms with Crippen LogP contribution < -0.4 is 0 Å². The van der Waals surface area contributed by atoms with Gasteiger partial charge in [-0.3, -0.25) is 29.3 Å². The van der Waals surface area contributed by atoms with Gasteiger partial charge in [0.2, 0.25) is 6.29 Å². The fourth-order valence-electron chi connectivity index (χ4n) is 5.49. The number of rotatable bonds is 13. The number of methoxy groups -OCH3 is 1. The summed E-state index contributed by atoms with van der Waals surface area (Å²) in [5.74, 6) is -1.89. The number of carbonyl (C=O) groups excluding carboxylic acids is 6. The number of aliphatic hydroxyl groups is 1. The molecule has 1 atom stereocenters. The lowest BCUT2D eigenvalue weighted by atomic mass is 9.98. The molecule has 0 amide bonds. The number of benzene rings is 6. The standard InChI is InChI=1S/2C18H18O4.C14H9ClO2.C4H10O2.C4H10O.ClH/c1-18(2,3)22-21-17(20)15-12-8-7-11-14(15)16(19)13-9-5-4-6-10-13;1-3-16(21-2)22-18(20)15-12-8-7-11-14(15)17(19)13-9-5-4-6-10-13;15-14(17)12-9-5-4-8-11(12)13(16)10-6-2-1-3-7-10;1-4(2,3)6-5;1-4(2,3)5;/h4-12H,1-3H3;4-12,16H,3H2,1-2H3;1-9H;5H,1-3H3;5H,1-3H3;1H. The summed E-state index contributed by atoms with van der Waals surface area (Å²) in [5.41, 5.74) is 1.67. The number of carbonyl (C=O) groups is 6. The Morgan fingerprint density at radius 2 is 0.753 bits per heavy atom. The van der Waals surface area contributed by atoms with E-state index in [1.807, 2.05) is 25.1 Å². The number of esters is 1. The van der Waals surface area contributed by atoms with Crippen LogP contribution in [-0.4, -0.2) is 75.1 Å². The molecule has 0 heterocycles. The van der Waals surface area contributed by atoms with Crippen molar-refractivity contribution < 1.29 is 63.3 Å². The van der Waals surface area contributed by atoms with Crippen molar-refractivity contribution in [2.45, 2.75) is 98.8 Å². The lowest BCUT2D eigenvalue weighted by Crippen LogP contribution is -2.23. The van der Waals surface area contributed by atoms with Crippen molar-refractivity contribution in [2.24, 2.45) is 0 Å². The second-order valence-corrected chi connectivity index (χ2v) is 18.8. The molecule has 390 valence electrons. The van der Waals surface area contributed by atoms with Gasteiger partial charge >= 0.3 is 11.9 Å². The summed E-state index contributed by atoms with van der Waals surface area (Å²) in [5, 5.41) is 15.8. The van der Waals surface area contributed by atoms with Gasteiger partial charge in [-0.2, -0.15) is 4.89 Å². The Kier molecular flexibility index (Phi) is 27.9. The maximum atomic E-state index is 12.6. The van der Waals surface area contributed by atoms with Crippen molar-refractivity contribution >= 4 is 58.5 Å². The average molecular weight is 1040 g/mol. The monoisotopic (exact) mass is 1040 g/mol. The van der Waals surface area contributed by atoms with Gasteiger partial charge in [-0.25, -0.2) is 14.5 Å². The Morgan fingerprint density at radius 1 is 0.479 bits per heavy atom. The smallest absolute Gasteiger partial charge is 0.373 e. The second kappa shape index (κ2) is 31.7. The van der Waals surface area contributed by atoms with Crippen molar-refractivity contribution in [3.63, 3.8) is 0 Å². The van der Waals surface area contributed by atoms with E-state index in [1.54, 1.807) is 208 Å². The molecular formula is C58H66Cl2O13. The topological polar surface area (TPSA) is 189 Å². The number of halogens is 2. The summed E-state index contributed by atoms with van der Waals surface area (Å²) in [6.07, 6.45) is -0.0794. The van der Waals surface area contributed by atoms with Crippen LogP contribution in [0.1, 0.15) is 154 Å². The molecule has 2 N–H and O–H groups in total. The molecule has 0 aromatic heterocycles. The van der Waals surface area contributed by atoms with E-state index in [-0.39, 0.29) is 52.0 Å². The zero-order valence-electron chi connectivity index (χ0n) is 43.0. The SMILES string of the molecule is CC(C)(C)O.CC(C)(C)OO.CC(C)(C)OOC(=O)c1ccccc1C(=O)c1ccccc1.CCC(OC)OC(=O)c1ccccc1C(=O)c1ccccc1.Cl.O=C(Cl)c1ccccc1C(=O)c1ccccc1. The molecule has 0 saturated heterocycles. The van der Waals surface area contributed by atoms with Crippen molar-refractivity contribution in [1.29, 1.82) is 0 Å².